The molecule has 0 amide bonds. The molecule has 0 aliphatic carbocycles. The number of hydrogen-bond donors (Lipinski definition) is 2. The van der Waals surface area contributed by atoms with Gasteiger partial charge in [0.1, 0.15) is 17.3 Å². The van der Waals surface area contributed by atoms with Crippen molar-refractivity contribution >= 4 is 10.9 Å². The lowest BCUT2D eigenvalue weighted by Gasteiger charge is -2.05. The maximum Gasteiger partial charge on any atom is 0.123 e. The fraction of sp³-hybridized carbons (Fsp3) is 0. The van der Waals surface area contributed by atoms with Gasteiger partial charge in [0.05, 0.1) is 5.52 Å². The van der Waals surface area contributed by atoms with E-state index in [9.17, 15) is 14.6 Å². The highest BCUT2D eigenvalue weighted by Crippen LogP contribution is 2.34. The Bertz CT molecular complexity index is 1040. The molecule has 0 aliphatic rings. The minimum absolute atomic E-state index is 0.169. The molecule has 4 heteroatoms. The Morgan fingerprint density at radius 3 is 2.33 bits per heavy atom. The summed E-state index contributed by atoms with van der Waals surface area (Å²) in [7, 11) is 0. The minimum atomic E-state index is -0.309. The second-order valence-electron chi connectivity index (χ2n) is 5.64. The van der Waals surface area contributed by atoms with Gasteiger partial charge in [-0.1, -0.05) is 18.2 Å². The third-order valence-electron chi connectivity index (χ3n) is 4.05. The molecule has 0 radical (unpaired) electrons. The molecule has 0 fully saturated rings. The van der Waals surface area contributed by atoms with Gasteiger partial charge in [0.2, 0.25) is 0 Å². The number of fused-ring (bicyclic) bond motifs is 1. The van der Waals surface area contributed by atoms with Gasteiger partial charge in [0, 0.05) is 28.9 Å². The normalized spacial score (nSPS) is 11.0. The van der Waals surface area contributed by atoms with E-state index in [2.05, 4.69) is 0 Å². The van der Waals surface area contributed by atoms with E-state index in [1.165, 1.54) is 12.1 Å². The molecule has 3 nitrogen and oxygen atoms in total. The molecular weight excluding hydrogens is 305 g/mol. The molecule has 2 N–H and O–H groups in total. The predicted octanol–water partition coefficient (Wildman–Crippen LogP) is 4.85. The van der Waals surface area contributed by atoms with E-state index in [1.807, 2.05) is 16.8 Å². The van der Waals surface area contributed by atoms with E-state index >= 15 is 0 Å². The summed E-state index contributed by atoms with van der Waals surface area (Å²) in [5.41, 5.74) is 3.36. The van der Waals surface area contributed by atoms with Crippen LogP contribution in [0, 0.1) is 5.82 Å². The van der Waals surface area contributed by atoms with Crippen LogP contribution in [0.4, 0.5) is 4.39 Å². The summed E-state index contributed by atoms with van der Waals surface area (Å²) in [6.45, 7) is 0. The number of aromatic nitrogens is 1. The monoisotopic (exact) mass is 319 g/mol. The number of phenolic OH excluding ortho intramolecular Hbond substituents is 2. The standard InChI is InChI=1S/C20H14FNO2/c21-14-6-9-20-18(10-14)19(13-4-7-16(23)8-5-13)12-22(20)15-2-1-3-17(24)11-15/h1-12,23-24H. The van der Waals surface area contributed by atoms with Crippen LogP contribution in [0.2, 0.25) is 0 Å². The van der Waals surface area contributed by atoms with Gasteiger partial charge >= 0.3 is 0 Å². The van der Waals surface area contributed by atoms with Gasteiger partial charge in [-0.2, -0.15) is 0 Å². The van der Waals surface area contributed by atoms with Crippen LogP contribution < -0.4 is 0 Å². The van der Waals surface area contributed by atoms with Crippen LogP contribution >= 0.6 is 0 Å². The number of aromatic hydroxyl groups is 2. The lowest BCUT2D eigenvalue weighted by atomic mass is 10.0. The van der Waals surface area contributed by atoms with Crippen LogP contribution in [0.5, 0.6) is 11.5 Å². The summed E-state index contributed by atoms with van der Waals surface area (Å²) >= 11 is 0. The number of nitrogens with zero attached hydrogens (tertiary/aromatic N) is 1. The fourth-order valence-electron chi connectivity index (χ4n) is 2.93. The fourth-order valence-corrected chi connectivity index (χ4v) is 2.93. The zero-order chi connectivity index (χ0) is 16.7. The maximum absolute atomic E-state index is 13.8. The zero-order valence-electron chi connectivity index (χ0n) is 12.6. The van der Waals surface area contributed by atoms with Crippen molar-refractivity contribution in [2.45, 2.75) is 0 Å². The molecule has 4 aromatic rings. The highest BCUT2D eigenvalue weighted by atomic mass is 19.1. The Labute approximate surface area is 137 Å². The summed E-state index contributed by atoms with van der Waals surface area (Å²) in [4.78, 5) is 0. The molecule has 0 atom stereocenters. The van der Waals surface area contributed by atoms with Crippen molar-refractivity contribution in [1.29, 1.82) is 0 Å². The molecule has 0 unspecified atom stereocenters. The summed E-state index contributed by atoms with van der Waals surface area (Å²) in [6, 6.07) is 18.3. The van der Waals surface area contributed by atoms with Gasteiger partial charge in [-0.25, -0.2) is 4.39 Å². The van der Waals surface area contributed by atoms with Crippen molar-refractivity contribution in [3.8, 4) is 28.3 Å². The minimum Gasteiger partial charge on any atom is -0.508 e. The van der Waals surface area contributed by atoms with Crippen LogP contribution in [0.25, 0.3) is 27.7 Å². The van der Waals surface area contributed by atoms with Crippen LogP contribution in [-0.4, -0.2) is 14.8 Å². The van der Waals surface area contributed by atoms with E-state index in [0.29, 0.717) is 0 Å². The van der Waals surface area contributed by atoms with E-state index in [1.54, 1.807) is 48.5 Å². The first-order chi connectivity index (χ1) is 11.6. The van der Waals surface area contributed by atoms with Crippen LogP contribution in [0.1, 0.15) is 0 Å². The molecule has 0 saturated carbocycles. The molecular formula is C20H14FNO2. The third-order valence-corrected chi connectivity index (χ3v) is 4.05. The van der Waals surface area contributed by atoms with Crippen LogP contribution in [0.3, 0.4) is 0 Å². The molecule has 24 heavy (non-hydrogen) atoms. The second kappa shape index (κ2) is 5.42. The van der Waals surface area contributed by atoms with E-state index in [0.717, 1.165) is 27.7 Å². The first-order valence-electron chi connectivity index (χ1n) is 7.51. The van der Waals surface area contributed by atoms with E-state index in [-0.39, 0.29) is 17.3 Å². The Morgan fingerprint density at radius 2 is 1.58 bits per heavy atom. The quantitative estimate of drug-likeness (QED) is 0.555. The number of benzene rings is 3. The Balaban J connectivity index is 2.01. The number of halogens is 1. The Morgan fingerprint density at radius 1 is 0.792 bits per heavy atom. The predicted molar refractivity (Wildman–Crippen MR) is 92.0 cm³/mol. The summed E-state index contributed by atoms with van der Waals surface area (Å²) in [5.74, 6) is 0.0421. The van der Waals surface area contributed by atoms with E-state index < -0.39 is 0 Å². The van der Waals surface area contributed by atoms with Crippen molar-refractivity contribution in [1.82, 2.24) is 4.57 Å². The lowest BCUT2D eigenvalue weighted by molar-refractivity contribution is 0.474. The zero-order valence-corrected chi connectivity index (χ0v) is 12.6. The Kier molecular flexibility index (Phi) is 3.24. The highest BCUT2D eigenvalue weighted by molar-refractivity contribution is 5.97. The largest absolute Gasteiger partial charge is 0.508 e. The van der Waals surface area contributed by atoms with Crippen molar-refractivity contribution in [3.63, 3.8) is 0 Å². The molecule has 3 aromatic carbocycles. The van der Waals surface area contributed by atoms with Gasteiger partial charge < -0.3 is 14.8 Å². The molecule has 0 saturated heterocycles. The molecule has 4 rings (SSSR count). The van der Waals surface area contributed by atoms with E-state index in [4.69, 9.17) is 0 Å². The van der Waals surface area contributed by atoms with Crippen molar-refractivity contribution in [2.24, 2.45) is 0 Å². The molecule has 0 bridgehead atoms. The molecule has 0 aliphatic heterocycles. The second-order valence-corrected chi connectivity index (χ2v) is 5.64. The van der Waals surface area contributed by atoms with Crippen molar-refractivity contribution in [3.05, 3.63) is 78.7 Å². The summed E-state index contributed by atoms with van der Waals surface area (Å²) in [6.07, 6.45) is 1.91. The average molecular weight is 319 g/mol. The SMILES string of the molecule is Oc1ccc(-c2cn(-c3cccc(O)c3)c3ccc(F)cc23)cc1. The first kappa shape index (κ1) is 14.3. The van der Waals surface area contributed by atoms with Crippen molar-refractivity contribution < 1.29 is 14.6 Å². The summed E-state index contributed by atoms with van der Waals surface area (Å²) in [5, 5.41) is 20.0. The number of phenols is 2. The highest BCUT2D eigenvalue weighted by Gasteiger charge is 2.13. The summed E-state index contributed by atoms with van der Waals surface area (Å²) < 4.78 is 15.7. The van der Waals surface area contributed by atoms with Gasteiger partial charge in [-0.3, -0.25) is 0 Å². The van der Waals surface area contributed by atoms with Gasteiger partial charge in [-0.15, -0.1) is 0 Å². The van der Waals surface area contributed by atoms with Gasteiger partial charge in [0.15, 0.2) is 0 Å². The van der Waals surface area contributed by atoms with Crippen molar-refractivity contribution in [2.75, 3.05) is 0 Å². The molecule has 0 spiro atoms. The Hall–Kier alpha value is -3.27. The molecule has 1 aromatic heterocycles. The number of hydrogen-bond acceptors (Lipinski definition) is 2. The van der Waals surface area contributed by atoms with Crippen LogP contribution in [0.15, 0.2) is 72.9 Å². The third kappa shape index (κ3) is 2.38. The van der Waals surface area contributed by atoms with Gasteiger partial charge in [0.25, 0.3) is 0 Å². The molecule has 118 valence electrons. The molecule has 1 heterocycles. The average Bonchev–Trinajstić information content (AvgIpc) is 2.94. The van der Waals surface area contributed by atoms with Crippen LogP contribution in [-0.2, 0) is 0 Å². The van der Waals surface area contributed by atoms with Gasteiger partial charge in [-0.05, 0) is 48.0 Å². The maximum atomic E-state index is 13.8. The smallest absolute Gasteiger partial charge is 0.123 e. The first-order valence-corrected chi connectivity index (χ1v) is 7.51. The topological polar surface area (TPSA) is 45.4 Å². The lowest BCUT2D eigenvalue weighted by Crippen LogP contribution is -1.91. The number of rotatable bonds is 2.